The molecule has 25 heavy (non-hydrogen) atoms. The Hall–Kier alpha value is -2.96. The number of H-pyrrole nitrogens is 1. The first-order chi connectivity index (χ1) is 12.0. The van der Waals surface area contributed by atoms with E-state index in [2.05, 4.69) is 39.4 Å². The molecule has 0 saturated carbocycles. The van der Waals surface area contributed by atoms with Crippen molar-refractivity contribution in [3.63, 3.8) is 0 Å². The Morgan fingerprint density at radius 1 is 1.32 bits per heavy atom. The molecule has 0 saturated heterocycles. The topological polar surface area (TPSA) is 88.5 Å². The van der Waals surface area contributed by atoms with E-state index in [-0.39, 0.29) is 5.91 Å². The maximum atomic E-state index is 12.5. The van der Waals surface area contributed by atoms with Crippen LogP contribution in [0.5, 0.6) is 0 Å². The fourth-order valence-corrected chi connectivity index (χ4v) is 2.61. The molecular weight excluding hydrogens is 316 g/mol. The minimum absolute atomic E-state index is 0.256. The first-order valence-electron chi connectivity index (χ1n) is 8.31. The lowest BCUT2D eigenvalue weighted by molar-refractivity contribution is 0.102. The molecule has 130 valence electrons. The molecule has 0 fully saturated rings. The Labute approximate surface area is 146 Å². The lowest BCUT2D eigenvalue weighted by Crippen LogP contribution is -2.16. The van der Waals surface area contributed by atoms with Gasteiger partial charge in [0, 0.05) is 18.0 Å². The second kappa shape index (κ2) is 7.29. The lowest BCUT2D eigenvalue weighted by atomic mass is 10.1. The predicted octanol–water partition coefficient (Wildman–Crippen LogP) is 2.81. The van der Waals surface area contributed by atoms with Crippen LogP contribution in [0.25, 0.3) is 0 Å². The fraction of sp³-hybridized carbons (Fsp3) is 0.333. The van der Waals surface area contributed by atoms with Gasteiger partial charge in [0.1, 0.15) is 5.82 Å². The molecule has 0 aromatic carbocycles. The Morgan fingerprint density at radius 2 is 2.16 bits per heavy atom. The SMILES string of the molecule is Cc1cc(NC(=O)c2cc(CC(C)C)[nH]n2)n(Cc2ccccn2)n1. The number of amides is 1. The van der Waals surface area contributed by atoms with Gasteiger partial charge in [0.25, 0.3) is 5.91 Å². The highest BCUT2D eigenvalue weighted by Gasteiger charge is 2.15. The number of hydrogen-bond donors (Lipinski definition) is 2. The minimum atomic E-state index is -0.256. The summed E-state index contributed by atoms with van der Waals surface area (Å²) in [4.78, 5) is 16.8. The van der Waals surface area contributed by atoms with Crippen molar-refractivity contribution in [2.24, 2.45) is 5.92 Å². The summed E-state index contributed by atoms with van der Waals surface area (Å²) in [6, 6.07) is 9.35. The molecule has 0 aliphatic rings. The van der Waals surface area contributed by atoms with Crippen LogP contribution in [0.3, 0.4) is 0 Å². The van der Waals surface area contributed by atoms with Crippen LogP contribution < -0.4 is 5.32 Å². The number of nitrogens with zero attached hydrogens (tertiary/aromatic N) is 4. The second-order valence-electron chi connectivity index (χ2n) is 6.48. The van der Waals surface area contributed by atoms with Gasteiger partial charge >= 0.3 is 0 Å². The maximum Gasteiger partial charge on any atom is 0.277 e. The van der Waals surface area contributed by atoms with Crippen LogP contribution in [0, 0.1) is 12.8 Å². The number of aromatic nitrogens is 5. The zero-order chi connectivity index (χ0) is 17.8. The third-order valence-corrected chi connectivity index (χ3v) is 3.67. The number of pyridine rings is 1. The second-order valence-corrected chi connectivity index (χ2v) is 6.48. The highest BCUT2D eigenvalue weighted by atomic mass is 16.2. The van der Waals surface area contributed by atoms with E-state index in [1.165, 1.54) is 0 Å². The Morgan fingerprint density at radius 3 is 2.88 bits per heavy atom. The largest absolute Gasteiger partial charge is 0.305 e. The van der Waals surface area contributed by atoms with Crippen LogP contribution in [0.2, 0.25) is 0 Å². The summed E-state index contributed by atoms with van der Waals surface area (Å²) < 4.78 is 1.73. The highest BCUT2D eigenvalue weighted by Crippen LogP contribution is 2.14. The molecule has 0 atom stereocenters. The molecule has 0 aliphatic heterocycles. The Bertz CT molecular complexity index is 850. The van der Waals surface area contributed by atoms with Crippen LogP contribution in [-0.2, 0) is 13.0 Å². The first kappa shape index (κ1) is 16.9. The molecule has 0 aliphatic carbocycles. The average molecular weight is 338 g/mol. The summed E-state index contributed by atoms with van der Waals surface area (Å²) in [5.74, 6) is 0.869. The van der Waals surface area contributed by atoms with Crippen molar-refractivity contribution in [1.29, 1.82) is 0 Å². The molecule has 1 amide bonds. The zero-order valence-electron chi connectivity index (χ0n) is 14.7. The number of hydrogen-bond acceptors (Lipinski definition) is 4. The predicted molar refractivity (Wildman–Crippen MR) is 95.4 cm³/mol. The van der Waals surface area contributed by atoms with E-state index in [9.17, 15) is 4.79 Å². The number of carbonyl (C=O) groups is 1. The molecule has 2 N–H and O–H groups in total. The molecule has 3 heterocycles. The van der Waals surface area contributed by atoms with Crippen molar-refractivity contribution < 1.29 is 4.79 Å². The molecule has 0 spiro atoms. The van der Waals surface area contributed by atoms with Crippen LogP contribution in [0.4, 0.5) is 5.82 Å². The average Bonchev–Trinajstić information content (AvgIpc) is 3.15. The van der Waals surface area contributed by atoms with E-state index < -0.39 is 0 Å². The summed E-state index contributed by atoms with van der Waals surface area (Å²) in [6.45, 7) is 6.63. The van der Waals surface area contributed by atoms with Crippen LogP contribution in [0.15, 0.2) is 36.5 Å². The molecule has 3 aromatic heterocycles. The smallest absolute Gasteiger partial charge is 0.277 e. The quantitative estimate of drug-likeness (QED) is 0.723. The molecule has 3 aromatic rings. The zero-order valence-corrected chi connectivity index (χ0v) is 14.7. The number of nitrogens with one attached hydrogen (secondary N) is 2. The molecule has 0 bridgehead atoms. The summed E-state index contributed by atoms with van der Waals surface area (Å²) in [5, 5.41) is 14.3. The summed E-state index contributed by atoms with van der Waals surface area (Å²) in [5.41, 5.74) is 3.03. The minimum Gasteiger partial charge on any atom is -0.305 e. The molecule has 7 nitrogen and oxygen atoms in total. The van der Waals surface area contributed by atoms with Gasteiger partial charge in [-0.25, -0.2) is 4.68 Å². The van der Waals surface area contributed by atoms with Crippen molar-refractivity contribution >= 4 is 11.7 Å². The van der Waals surface area contributed by atoms with E-state index in [1.807, 2.05) is 31.2 Å². The van der Waals surface area contributed by atoms with Crippen molar-refractivity contribution in [3.8, 4) is 0 Å². The molecule has 0 radical (unpaired) electrons. The number of carbonyl (C=O) groups excluding carboxylic acids is 1. The number of rotatable bonds is 6. The highest BCUT2D eigenvalue weighted by molar-refractivity contribution is 6.02. The van der Waals surface area contributed by atoms with Gasteiger partial charge in [0.15, 0.2) is 5.69 Å². The van der Waals surface area contributed by atoms with Gasteiger partial charge in [-0.15, -0.1) is 0 Å². The van der Waals surface area contributed by atoms with Crippen molar-refractivity contribution in [2.75, 3.05) is 5.32 Å². The summed E-state index contributed by atoms with van der Waals surface area (Å²) in [7, 11) is 0. The number of aryl methyl sites for hydroxylation is 1. The molecule has 0 unspecified atom stereocenters. The summed E-state index contributed by atoms with van der Waals surface area (Å²) in [6.07, 6.45) is 2.60. The lowest BCUT2D eigenvalue weighted by Gasteiger charge is -2.07. The Kier molecular flexibility index (Phi) is 4.92. The number of aromatic amines is 1. The molecule has 3 rings (SSSR count). The van der Waals surface area contributed by atoms with E-state index in [1.54, 1.807) is 16.9 Å². The van der Waals surface area contributed by atoms with E-state index in [0.29, 0.717) is 24.0 Å². The van der Waals surface area contributed by atoms with E-state index >= 15 is 0 Å². The first-order valence-corrected chi connectivity index (χ1v) is 8.31. The third-order valence-electron chi connectivity index (χ3n) is 3.67. The van der Waals surface area contributed by atoms with Gasteiger partial charge in [-0.3, -0.25) is 14.9 Å². The summed E-state index contributed by atoms with van der Waals surface area (Å²) >= 11 is 0. The van der Waals surface area contributed by atoms with Gasteiger partial charge in [-0.05, 0) is 37.5 Å². The van der Waals surface area contributed by atoms with Crippen LogP contribution in [-0.4, -0.2) is 30.9 Å². The maximum absolute atomic E-state index is 12.5. The fourth-order valence-electron chi connectivity index (χ4n) is 2.61. The number of anilines is 1. The molecular formula is C18H22N6O. The van der Waals surface area contributed by atoms with Crippen molar-refractivity contribution in [3.05, 3.63) is 59.3 Å². The van der Waals surface area contributed by atoms with Gasteiger partial charge < -0.3 is 5.32 Å². The van der Waals surface area contributed by atoms with E-state index in [0.717, 1.165) is 23.5 Å². The standard InChI is InChI=1S/C18H22N6O/c1-12(2)8-15-10-16(22-21-15)18(25)20-17-9-13(3)23-24(17)11-14-6-4-5-7-19-14/h4-7,9-10,12H,8,11H2,1-3H3,(H,20,25)(H,21,22). The van der Waals surface area contributed by atoms with Gasteiger partial charge in [0.2, 0.25) is 0 Å². The Balaban J connectivity index is 1.74. The van der Waals surface area contributed by atoms with Gasteiger partial charge in [-0.2, -0.15) is 10.2 Å². The van der Waals surface area contributed by atoms with E-state index in [4.69, 9.17) is 0 Å². The van der Waals surface area contributed by atoms with Crippen LogP contribution in [0.1, 0.15) is 41.4 Å². The normalized spacial score (nSPS) is 11.0. The monoisotopic (exact) mass is 338 g/mol. The van der Waals surface area contributed by atoms with Gasteiger partial charge in [0.05, 0.1) is 17.9 Å². The third kappa shape index (κ3) is 4.32. The van der Waals surface area contributed by atoms with Gasteiger partial charge in [-0.1, -0.05) is 19.9 Å². The molecule has 7 heteroatoms. The van der Waals surface area contributed by atoms with Crippen molar-refractivity contribution in [2.45, 2.75) is 33.7 Å². The van der Waals surface area contributed by atoms with Crippen LogP contribution >= 0.6 is 0 Å². The van der Waals surface area contributed by atoms with Crippen molar-refractivity contribution in [1.82, 2.24) is 25.0 Å².